The minimum absolute atomic E-state index is 0.0746. The third-order valence-electron chi connectivity index (χ3n) is 6.00. The van der Waals surface area contributed by atoms with Gasteiger partial charge in [0.15, 0.2) is 0 Å². The van der Waals surface area contributed by atoms with Gasteiger partial charge in [0, 0.05) is 38.3 Å². The number of rotatable bonds is 3. The highest BCUT2D eigenvalue weighted by Crippen LogP contribution is 2.30. The maximum absolute atomic E-state index is 11.7. The van der Waals surface area contributed by atoms with E-state index in [2.05, 4.69) is 9.80 Å². The number of nitrogens with two attached hydrogens (primary N) is 1. The Kier molecular flexibility index (Phi) is 5.17. The summed E-state index contributed by atoms with van der Waals surface area (Å²) in [4.78, 5) is 17.0. The molecular weight excluding hydrogens is 262 g/mol. The summed E-state index contributed by atoms with van der Waals surface area (Å²) in [5, 5.41) is 0. The number of carbonyl (C=O) groups is 1. The highest BCUT2D eigenvalue weighted by atomic mass is 16.1. The van der Waals surface area contributed by atoms with E-state index in [1.54, 1.807) is 0 Å². The van der Waals surface area contributed by atoms with E-state index in [-0.39, 0.29) is 11.8 Å². The lowest BCUT2D eigenvalue weighted by Gasteiger charge is -2.45. The predicted molar refractivity (Wildman–Crippen MR) is 85.0 cm³/mol. The molecule has 0 aromatic rings. The number of hydrogen-bond donors (Lipinski definition) is 1. The predicted octanol–water partition coefficient (Wildman–Crippen LogP) is 1.98. The van der Waals surface area contributed by atoms with E-state index in [9.17, 15) is 4.79 Å². The van der Waals surface area contributed by atoms with Gasteiger partial charge in [-0.1, -0.05) is 32.1 Å². The molecule has 3 rings (SSSR count). The van der Waals surface area contributed by atoms with Crippen LogP contribution in [0, 0.1) is 5.92 Å². The Balaban J connectivity index is 1.53. The van der Waals surface area contributed by atoms with Crippen LogP contribution in [-0.4, -0.2) is 54.0 Å². The van der Waals surface area contributed by atoms with Gasteiger partial charge < -0.3 is 5.73 Å². The molecular formula is C17H31N3O. The van der Waals surface area contributed by atoms with Crippen LogP contribution >= 0.6 is 0 Å². The molecule has 0 bridgehead atoms. The maximum Gasteiger partial charge on any atom is 0.222 e. The topological polar surface area (TPSA) is 49.6 Å². The Morgan fingerprint density at radius 1 is 0.762 bits per heavy atom. The molecule has 2 aliphatic carbocycles. The fourth-order valence-corrected chi connectivity index (χ4v) is 4.76. The van der Waals surface area contributed by atoms with Crippen molar-refractivity contribution < 1.29 is 4.79 Å². The van der Waals surface area contributed by atoms with Gasteiger partial charge in [0.1, 0.15) is 0 Å². The molecule has 4 nitrogen and oxygen atoms in total. The molecule has 2 atom stereocenters. The van der Waals surface area contributed by atoms with E-state index in [1.165, 1.54) is 58.0 Å². The lowest BCUT2D eigenvalue weighted by atomic mass is 9.82. The minimum Gasteiger partial charge on any atom is -0.369 e. The Bertz CT molecular complexity index is 346. The van der Waals surface area contributed by atoms with E-state index in [0.717, 1.165) is 32.0 Å². The van der Waals surface area contributed by atoms with Gasteiger partial charge >= 0.3 is 0 Å². The van der Waals surface area contributed by atoms with Crippen LogP contribution in [0.5, 0.6) is 0 Å². The highest BCUT2D eigenvalue weighted by Gasteiger charge is 2.35. The summed E-state index contributed by atoms with van der Waals surface area (Å²) in [7, 11) is 0. The quantitative estimate of drug-likeness (QED) is 0.865. The lowest BCUT2D eigenvalue weighted by Crippen LogP contribution is -2.56. The third-order valence-corrected chi connectivity index (χ3v) is 6.00. The van der Waals surface area contributed by atoms with Crippen molar-refractivity contribution in [2.24, 2.45) is 11.7 Å². The Hall–Kier alpha value is -0.610. The van der Waals surface area contributed by atoms with Crippen molar-refractivity contribution in [1.29, 1.82) is 0 Å². The smallest absolute Gasteiger partial charge is 0.222 e. The summed E-state index contributed by atoms with van der Waals surface area (Å²) in [6.45, 7) is 4.63. The van der Waals surface area contributed by atoms with Crippen molar-refractivity contribution in [3.63, 3.8) is 0 Å². The molecule has 0 aromatic carbocycles. The van der Waals surface area contributed by atoms with Gasteiger partial charge in [-0.05, 0) is 25.7 Å². The first-order valence-electron chi connectivity index (χ1n) is 9.03. The Labute approximate surface area is 129 Å². The zero-order chi connectivity index (χ0) is 14.7. The number of primary amides is 1. The van der Waals surface area contributed by atoms with Crippen LogP contribution in [0.3, 0.4) is 0 Å². The molecule has 0 unspecified atom stereocenters. The van der Waals surface area contributed by atoms with Crippen LogP contribution in [0.2, 0.25) is 0 Å². The standard InChI is InChI=1S/C17H31N3O/c18-17(21)15-8-4-5-9-16(15)20-12-10-19(11-13-20)14-6-2-1-3-7-14/h14-16H,1-13H2,(H2,18,21)/t15-,16-/m1/s1. The lowest BCUT2D eigenvalue weighted by molar-refractivity contribution is -0.125. The van der Waals surface area contributed by atoms with E-state index < -0.39 is 0 Å². The van der Waals surface area contributed by atoms with Crippen LogP contribution in [-0.2, 0) is 4.79 Å². The summed E-state index contributed by atoms with van der Waals surface area (Å²) in [5.41, 5.74) is 5.63. The van der Waals surface area contributed by atoms with Crippen LogP contribution in [0.1, 0.15) is 57.8 Å². The van der Waals surface area contributed by atoms with E-state index >= 15 is 0 Å². The molecule has 3 aliphatic rings. The van der Waals surface area contributed by atoms with Gasteiger partial charge in [0.25, 0.3) is 0 Å². The van der Waals surface area contributed by atoms with Gasteiger partial charge in [-0.2, -0.15) is 0 Å². The monoisotopic (exact) mass is 293 g/mol. The number of carbonyl (C=O) groups excluding carboxylic acids is 1. The number of nitrogens with zero attached hydrogens (tertiary/aromatic N) is 2. The van der Waals surface area contributed by atoms with Crippen molar-refractivity contribution in [3.8, 4) is 0 Å². The molecule has 0 aromatic heterocycles. The molecule has 0 radical (unpaired) electrons. The molecule has 1 heterocycles. The molecule has 1 amide bonds. The zero-order valence-electron chi connectivity index (χ0n) is 13.3. The highest BCUT2D eigenvalue weighted by molar-refractivity contribution is 5.77. The van der Waals surface area contributed by atoms with Gasteiger partial charge in [-0.15, -0.1) is 0 Å². The van der Waals surface area contributed by atoms with Gasteiger partial charge in [-0.25, -0.2) is 0 Å². The molecule has 1 aliphatic heterocycles. The normalized spacial score (nSPS) is 33.9. The summed E-state index contributed by atoms with van der Waals surface area (Å²) in [6, 6.07) is 1.25. The molecule has 2 N–H and O–H groups in total. The number of piperazine rings is 1. The fraction of sp³-hybridized carbons (Fsp3) is 0.941. The SMILES string of the molecule is NC(=O)[C@@H]1CCCC[C@H]1N1CCN(C2CCCCC2)CC1. The fourth-order valence-electron chi connectivity index (χ4n) is 4.76. The van der Waals surface area contributed by atoms with Crippen LogP contribution in [0.25, 0.3) is 0 Å². The van der Waals surface area contributed by atoms with Gasteiger partial charge in [-0.3, -0.25) is 14.6 Å². The van der Waals surface area contributed by atoms with Crippen LogP contribution in [0.15, 0.2) is 0 Å². The summed E-state index contributed by atoms with van der Waals surface area (Å²) in [5.74, 6) is 0.0226. The van der Waals surface area contributed by atoms with Crippen molar-refractivity contribution in [1.82, 2.24) is 9.80 Å². The molecule has 120 valence electrons. The Morgan fingerprint density at radius 3 is 2.00 bits per heavy atom. The van der Waals surface area contributed by atoms with Gasteiger partial charge in [0.2, 0.25) is 5.91 Å². The minimum atomic E-state index is -0.0746. The van der Waals surface area contributed by atoms with Crippen molar-refractivity contribution in [2.45, 2.75) is 69.9 Å². The first kappa shape index (κ1) is 15.3. The van der Waals surface area contributed by atoms with E-state index in [4.69, 9.17) is 5.73 Å². The van der Waals surface area contributed by atoms with E-state index in [0.29, 0.717) is 6.04 Å². The second-order valence-electron chi connectivity index (χ2n) is 7.22. The first-order chi connectivity index (χ1) is 10.3. The second-order valence-corrected chi connectivity index (χ2v) is 7.22. The number of amides is 1. The zero-order valence-corrected chi connectivity index (χ0v) is 13.3. The van der Waals surface area contributed by atoms with Crippen LogP contribution in [0.4, 0.5) is 0 Å². The van der Waals surface area contributed by atoms with Crippen molar-refractivity contribution in [2.75, 3.05) is 26.2 Å². The Morgan fingerprint density at radius 2 is 1.33 bits per heavy atom. The average molecular weight is 293 g/mol. The molecule has 2 saturated carbocycles. The van der Waals surface area contributed by atoms with Crippen molar-refractivity contribution >= 4 is 5.91 Å². The van der Waals surface area contributed by atoms with Crippen LogP contribution < -0.4 is 5.73 Å². The summed E-state index contributed by atoms with van der Waals surface area (Å²) >= 11 is 0. The molecule has 4 heteroatoms. The molecule has 21 heavy (non-hydrogen) atoms. The molecule has 0 spiro atoms. The molecule has 1 saturated heterocycles. The average Bonchev–Trinajstić information content (AvgIpc) is 2.56. The second kappa shape index (κ2) is 7.10. The maximum atomic E-state index is 11.7. The first-order valence-corrected chi connectivity index (χ1v) is 9.03. The largest absolute Gasteiger partial charge is 0.369 e. The number of hydrogen-bond acceptors (Lipinski definition) is 3. The van der Waals surface area contributed by atoms with Crippen molar-refractivity contribution in [3.05, 3.63) is 0 Å². The van der Waals surface area contributed by atoms with Gasteiger partial charge in [0.05, 0.1) is 5.92 Å². The summed E-state index contributed by atoms with van der Waals surface area (Å²) in [6.07, 6.45) is 11.7. The third kappa shape index (κ3) is 3.59. The van der Waals surface area contributed by atoms with E-state index in [1.807, 2.05) is 0 Å². The summed E-state index contributed by atoms with van der Waals surface area (Å²) < 4.78 is 0. The molecule has 3 fully saturated rings.